The number of hydrogen-bond acceptors (Lipinski definition) is 15. The molecule has 0 aliphatic carbocycles. The van der Waals surface area contributed by atoms with E-state index in [0.717, 1.165) is 95.8 Å². The second kappa shape index (κ2) is 81.6. The maximum Gasteiger partial charge on any atom is 0.472 e. The molecule has 6 atom stereocenters. The van der Waals surface area contributed by atoms with Gasteiger partial charge in [0.2, 0.25) is 0 Å². The molecule has 0 saturated carbocycles. The van der Waals surface area contributed by atoms with Crippen LogP contribution in [0.4, 0.5) is 0 Å². The maximum atomic E-state index is 13.2. The van der Waals surface area contributed by atoms with Crippen molar-refractivity contribution in [2.24, 2.45) is 5.92 Å². The molecule has 0 bridgehead atoms. The summed E-state index contributed by atoms with van der Waals surface area (Å²) < 4.78 is 69.0. The van der Waals surface area contributed by atoms with E-state index in [1.165, 1.54) is 308 Å². The van der Waals surface area contributed by atoms with Gasteiger partial charge in [-0.05, 0) is 31.6 Å². The van der Waals surface area contributed by atoms with Crippen LogP contribution in [0.15, 0.2) is 0 Å². The zero-order valence-corrected chi connectivity index (χ0v) is 72.8. The predicted molar refractivity (Wildman–Crippen MR) is 446 cm³/mol. The molecule has 642 valence electrons. The molecule has 0 spiro atoms. The minimum Gasteiger partial charge on any atom is -0.462 e. The highest BCUT2D eigenvalue weighted by Gasteiger charge is 2.31. The second-order valence-electron chi connectivity index (χ2n) is 32.2. The largest absolute Gasteiger partial charge is 0.472 e. The summed E-state index contributed by atoms with van der Waals surface area (Å²) in [5, 5.41) is 10.7. The average molecular weight is 1580 g/mol. The molecular formula is C89H174O17P2. The lowest BCUT2D eigenvalue weighted by Gasteiger charge is -2.21. The number of unbranched alkanes of at least 4 members (excludes halogenated alkanes) is 60. The van der Waals surface area contributed by atoms with Crippen LogP contribution in [-0.4, -0.2) is 96.7 Å². The molecule has 0 aliphatic heterocycles. The third-order valence-electron chi connectivity index (χ3n) is 21.4. The van der Waals surface area contributed by atoms with Crippen molar-refractivity contribution in [2.75, 3.05) is 39.6 Å². The summed E-state index contributed by atoms with van der Waals surface area (Å²) in [5.74, 6) is -1.25. The average Bonchev–Trinajstić information content (AvgIpc) is 0.901. The maximum absolute atomic E-state index is 13.2. The van der Waals surface area contributed by atoms with Gasteiger partial charge in [-0.15, -0.1) is 0 Å². The first kappa shape index (κ1) is 106. The second-order valence-corrected chi connectivity index (χ2v) is 35.1. The Hall–Kier alpha value is -1.94. The molecule has 0 amide bonds. The van der Waals surface area contributed by atoms with E-state index in [9.17, 15) is 43.2 Å². The van der Waals surface area contributed by atoms with Gasteiger partial charge in [0.25, 0.3) is 0 Å². The summed E-state index contributed by atoms with van der Waals surface area (Å²) in [7, 11) is -9.93. The van der Waals surface area contributed by atoms with Crippen LogP contribution in [-0.2, 0) is 65.4 Å². The molecule has 0 rings (SSSR count). The quantitative estimate of drug-likeness (QED) is 0.0222. The van der Waals surface area contributed by atoms with E-state index in [0.29, 0.717) is 25.7 Å². The van der Waals surface area contributed by atoms with Crippen molar-refractivity contribution in [2.45, 2.75) is 502 Å². The Morgan fingerprint density at radius 3 is 0.657 bits per heavy atom. The number of carbonyl (C=O) groups is 4. The number of esters is 4. The Kier molecular flexibility index (Phi) is 80.2. The standard InChI is InChI=1S/C89H174O17P2/c1-6-10-13-16-19-22-25-27-29-31-33-35-37-39-44-49-54-59-64-69-74-88(93)106-85(79-100-87(92)73-68-63-58-53-48-43-38-36-34-32-30-28-26-23-20-17-14-11-7-2)81-104-108(97,98)102-77-83(90)76-101-107(95,96)103-80-84(78-99-86(91)72-67-62-57-52-46-24-21-18-15-12-8-3)105-89(94)75-70-65-60-55-50-45-41-40-42-47-51-56-61-66-71-82(5)9-4/h82-85,90H,6-81H2,1-5H3,(H,95,96)(H,97,98)/t82?,83-,84+,85+/m0/s1. The van der Waals surface area contributed by atoms with Gasteiger partial charge in [-0.2, -0.15) is 0 Å². The van der Waals surface area contributed by atoms with Crippen molar-refractivity contribution in [3.8, 4) is 0 Å². The van der Waals surface area contributed by atoms with E-state index < -0.39 is 97.5 Å². The summed E-state index contributed by atoms with van der Waals surface area (Å²) in [6.07, 6.45) is 76.3. The molecule has 0 fully saturated rings. The normalized spacial score (nSPS) is 14.0. The number of rotatable bonds is 89. The van der Waals surface area contributed by atoms with Gasteiger partial charge in [0, 0.05) is 25.7 Å². The summed E-state index contributed by atoms with van der Waals surface area (Å²) in [6.45, 7) is 7.44. The van der Waals surface area contributed by atoms with Gasteiger partial charge in [0.15, 0.2) is 12.2 Å². The van der Waals surface area contributed by atoms with Crippen LogP contribution >= 0.6 is 15.6 Å². The van der Waals surface area contributed by atoms with Gasteiger partial charge in [-0.1, -0.05) is 433 Å². The predicted octanol–water partition coefficient (Wildman–Crippen LogP) is 27.5. The minimum atomic E-state index is -4.97. The van der Waals surface area contributed by atoms with E-state index in [1.807, 2.05) is 0 Å². The SMILES string of the molecule is CCCCCCCCCCCCCCCCCCCCCCC(=O)O[C@H](COC(=O)CCCCCCCCCCCCCCCCCCCCC)COP(=O)(O)OC[C@@H](O)COP(=O)(O)OC[C@@H](COC(=O)CCCCCCCCCCCCC)OC(=O)CCCCCCCCCCCCCCCCC(C)CC. The van der Waals surface area contributed by atoms with Crippen molar-refractivity contribution < 1.29 is 80.2 Å². The number of hydrogen-bond donors (Lipinski definition) is 3. The molecule has 0 aromatic rings. The highest BCUT2D eigenvalue weighted by molar-refractivity contribution is 7.47. The van der Waals surface area contributed by atoms with Crippen LogP contribution in [0.25, 0.3) is 0 Å². The van der Waals surface area contributed by atoms with Crippen LogP contribution in [0.3, 0.4) is 0 Å². The number of aliphatic hydroxyl groups is 1. The number of ether oxygens (including phenoxy) is 4. The fourth-order valence-corrected chi connectivity index (χ4v) is 15.5. The van der Waals surface area contributed by atoms with Crippen molar-refractivity contribution in [3.05, 3.63) is 0 Å². The molecule has 0 radical (unpaired) electrons. The first-order chi connectivity index (χ1) is 52.6. The van der Waals surface area contributed by atoms with Crippen LogP contribution in [0.2, 0.25) is 0 Å². The molecule has 108 heavy (non-hydrogen) atoms. The Labute approximate surface area is 664 Å². The zero-order valence-electron chi connectivity index (χ0n) is 71.0. The van der Waals surface area contributed by atoms with Crippen molar-refractivity contribution in [3.63, 3.8) is 0 Å². The Morgan fingerprint density at radius 2 is 0.444 bits per heavy atom. The molecule has 0 aromatic carbocycles. The summed E-state index contributed by atoms with van der Waals surface area (Å²) in [4.78, 5) is 73.3. The lowest BCUT2D eigenvalue weighted by atomic mass is 9.99. The summed E-state index contributed by atoms with van der Waals surface area (Å²) >= 11 is 0. The minimum absolute atomic E-state index is 0.108. The van der Waals surface area contributed by atoms with Crippen molar-refractivity contribution in [1.82, 2.24) is 0 Å². The van der Waals surface area contributed by atoms with Gasteiger partial charge >= 0.3 is 39.5 Å². The fraction of sp³-hybridized carbons (Fsp3) is 0.955. The summed E-state index contributed by atoms with van der Waals surface area (Å²) in [6, 6.07) is 0. The van der Waals surface area contributed by atoms with Gasteiger partial charge in [0.1, 0.15) is 19.3 Å². The Balaban J connectivity index is 5.24. The fourth-order valence-electron chi connectivity index (χ4n) is 14.0. The Morgan fingerprint density at radius 1 is 0.259 bits per heavy atom. The third kappa shape index (κ3) is 80.7. The highest BCUT2D eigenvalue weighted by atomic mass is 31.2. The van der Waals surface area contributed by atoms with Gasteiger partial charge in [-0.25, -0.2) is 9.13 Å². The van der Waals surface area contributed by atoms with Crippen molar-refractivity contribution in [1.29, 1.82) is 0 Å². The van der Waals surface area contributed by atoms with Crippen LogP contribution in [0.1, 0.15) is 484 Å². The molecule has 19 heteroatoms. The molecule has 0 aliphatic rings. The van der Waals surface area contributed by atoms with Gasteiger partial charge in [0.05, 0.1) is 26.4 Å². The topological polar surface area (TPSA) is 237 Å². The highest BCUT2D eigenvalue weighted by Crippen LogP contribution is 2.45. The lowest BCUT2D eigenvalue weighted by molar-refractivity contribution is -0.161. The van der Waals surface area contributed by atoms with E-state index in [2.05, 4.69) is 34.6 Å². The molecule has 0 saturated heterocycles. The zero-order chi connectivity index (χ0) is 79.0. The first-order valence-corrected chi connectivity index (χ1v) is 49.2. The molecule has 3 unspecified atom stereocenters. The number of carbonyl (C=O) groups excluding carboxylic acids is 4. The van der Waals surface area contributed by atoms with Crippen LogP contribution in [0.5, 0.6) is 0 Å². The summed E-state index contributed by atoms with van der Waals surface area (Å²) in [5.41, 5.74) is 0. The van der Waals surface area contributed by atoms with Gasteiger partial charge in [-0.3, -0.25) is 37.3 Å². The smallest absolute Gasteiger partial charge is 0.462 e. The van der Waals surface area contributed by atoms with E-state index in [4.69, 9.17) is 37.0 Å². The molecular weight excluding hydrogens is 1400 g/mol. The first-order valence-electron chi connectivity index (χ1n) is 46.2. The third-order valence-corrected chi connectivity index (χ3v) is 23.3. The number of phosphoric ester groups is 2. The van der Waals surface area contributed by atoms with Gasteiger partial charge < -0.3 is 33.8 Å². The molecule has 0 heterocycles. The number of phosphoric acid groups is 2. The molecule has 3 N–H and O–H groups in total. The van der Waals surface area contributed by atoms with E-state index in [1.54, 1.807) is 0 Å². The monoisotopic (exact) mass is 1580 g/mol. The lowest BCUT2D eigenvalue weighted by Crippen LogP contribution is -2.30. The van der Waals surface area contributed by atoms with Crippen LogP contribution in [0, 0.1) is 5.92 Å². The molecule has 17 nitrogen and oxygen atoms in total. The van der Waals surface area contributed by atoms with Crippen molar-refractivity contribution >= 4 is 39.5 Å². The van der Waals surface area contributed by atoms with E-state index >= 15 is 0 Å². The van der Waals surface area contributed by atoms with E-state index in [-0.39, 0.29) is 25.7 Å². The molecule has 0 aromatic heterocycles. The number of aliphatic hydroxyl groups excluding tert-OH is 1. The van der Waals surface area contributed by atoms with Crippen LogP contribution < -0.4 is 0 Å². The Bertz CT molecular complexity index is 2050.